The number of hydrogen-bond donors (Lipinski definition) is 2. The van der Waals surface area contributed by atoms with E-state index < -0.39 is 0 Å². The smallest absolute Gasteiger partial charge is 0.0701 e. The van der Waals surface area contributed by atoms with E-state index in [1.54, 1.807) is 0 Å². The Labute approximate surface area is 116 Å². The zero-order valence-corrected chi connectivity index (χ0v) is 12.5. The van der Waals surface area contributed by atoms with Crippen LogP contribution in [0.25, 0.3) is 0 Å². The summed E-state index contributed by atoms with van der Waals surface area (Å²) < 4.78 is 1.21. The Morgan fingerprint density at radius 2 is 2.06 bits per heavy atom. The molecule has 1 aromatic heterocycles. The van der Waals surface area contributed by atoms with Gasteiger partial charge in [-0.05, 0) is 65.8 Å². The number of nitrogens with two attached hydrogens (primary N) is 1. The van der Waals surface area contributed by atoms with Gasteiger partial charge in [-0.3, -0.25) is 0 Å². The predicted octanol–water partition coefficient (Wildman–Crippen LogP) is 3.37. The molecule has 2 atom stereocenters. The summed E-state index contributed by atoms with van der Waals surface area (Å²) in [5, 5.41) is 3.58. The van der Waals surface area contributed by atoms with Crippen LogP contribution in [0.5, 0.6) is 0 Å². The van der Waals surface area contributed by atoms with Crippen LogP contribution in [0.2, 0.25) is 0 Å². The summed E-state index contributed by atoms with van der Waals surface area (Å²) in [6.07, 6.45) is 5.43. The molecule has 0 radical (unpaired) electrons. The molecule has 1 aromatic rings. The van der Waals surface area contributed by atoms with Gasteiger partial charge in [-0.1, -0.05) is 12.8 Å². The van der Waals surface area contributed by atoms with Crippen molar-refractivity contribution in [1.29, 1.82) is 0 Å². The molecule has 1 fully saturated rings. The minimum atomic E-state index is 0.742. The molecule has 0 aliphatic heterocycles. The highest BCUT2D eigenvalue weighted by molar-refractivity contribution is 9.11. The van der Waals surface area contributed by atoms with Crippen molar-refractivity contribution < 1.29 is 0 Å². The van der Waals surface area contributed by atoms with Gasteiger partial charge in [0.1, 0.15) is 0 Å². The SMILES string of the molecule is NCC1CCCCC1CNCc1ccc(Br)s1. The van der Waals surface area contributed by atoms with Crippen molar-refractivity contribution in [1.82, 2.24) is 5.32 Å². The first-order chi connectivity index (χ1) is 8.29. The zero-order chi connectivity index (χ0) is 12.1. The van der Waals surface area contributed by atoms with Crippen LogP contribution in [-0.2, 0) is 6.54 Å². The van der Waals surface area contributed by atoms with Gasteiger partial charge in [0.2, 0.25) is 0 Å². The highest BCUT2D eigenvalue weighted by atomic mass is 79.9. The van der Waals surface area contributed by atoms with Crippen LogP contribution in [0.1, 0.15) is 30.6 Å². The summed E-state index contributed by atoms with van der Waals surface area (Å²) in [6.45, 7) is 2.97. The first kappa shape index (κ1) is 13.5. The second kappa shape index (κ2) is 6.88. The Bertz CT molecular complexity index is 340. The fourth-order valence-electron chi connectivity index (χ4n) is 2.69. The van der Waals surface area contributed by atoms with Crippen LogP contribution < -0.4 is 11.1 Å². The van der Waals surface area contributed by atoms with Crippen LogP contribution in [0.3, 0.4) is 0 Å². The summed E-state index contributed by atoms with van der Waals surface area (Å²) in [7, 11) is 0. The lowest BCUT2D eigenvalue weighted by Crippen LogP contribution is -2.34. The average Bonchev–Trinajstić information content (AvgIpc) is 2.76. The molecule has 0 amide bonds. The fraction of sp³-hybridized carbons (Fsp3) is 0.692. The van der Waals surface area contributed by atoms with Gasteiger partial charge in [0.15, 0.2) is 0 Å². The Balaban J connectivity index is 1.73. The van der Waals surface area contributed by atoms with Crippen LogP contribution in [0.4, 0.5) is 0 Å². The lowest BCUT2D eigenvalue weighted by molar-refractivity contribution is 0.236. The largest absolute Gasteiger partial charge is 0.330 e. The highest BCUT2D eigenvalue weighted by Gasteiger charge is 2.23. The maximum Gasteiger partial charge on any atom is 0.0701 e. The summed E-state index contributed by atoms with van der Waals surface area (Å²) in [4.78, 5) is 1.40. The van der Waals surface area contributed by atoms with E-state index in [-0.39, 0.29) is 0 Å². The van der Waals surface area contributed by atoms with E-state index in [1.807, 2.05) is 11.3 Å². The predicted molar refractivity (Wildman–Crippen MR) is 78.2 cm³/mol. The van der Waals surface area contributed by atoms with Gasteiger partial charge in [-0.25, -0.2) is 0 Å². The second-order valence-corrected chi connectivity index (χ2v) is 7.42. The third-order valence-corrected chi connectivity index (χ3v) is 5.33. The topological polar surface area (TPSA) is 38.0 Å². The first-order valence-corrected chi connectivity index (χ1v) is 8.05. The lowest BCUT2D eigenvalue weighted by Gasteiger charge is -2.30. The average molecular weight is 317 g/mol. The Morgan fingerprint density at radius 1 is 1.29 bits per heavy atom. The molecule has 1 aliphatic rings. The molecular weight excluding hydrogens is 296 g/mol. The summed E-state index contributed by atoms with van der Waals surface area (Å²) >= 11 is 5.31. The molecule has 2 unspecified atom stereocenters. The van der Waals surface area contributed by atoms with Crippen LogP contribution in [0.15, 0.2) is 15.9 Å². The van der Waals surface area contributed by atoms with Crippen molar-refractivity contribution in [3.63, 3.8) is 0 Å². The first-order valence-electron chi connectivity index (χ1n) is 6.44. The Morgan fingerprint density at radius 3 is 2.71 bits per heavy atom. The lowest BCUT2D eigenvalue weighted by atomic mass is 9.79. The Hall–Kier alpha value is 0.1000. The highest BCUT2D eigenvalue weighted by Crippen LogP contribution is 2.29. The van der Waals surface area contributed by atoms with Crippen molar-refractivity contribution in [3.05, 3.63) is 20.8 Å². The summed E-state index contributed by atoms with van der Waals surface area (Å²) in [5.74, 6) is 1.53. The van der Waals surface area contributed by atoms with Crippen LogP contribution in [0, 0.1) is 11.8 Å². The van der Waals surface area contributed by atoms with Gasteiger partial charge >= 0.3 is 0 Å². The van der Waals surface area contributed by atoms with Gasteiger partial charge in [0.25, 0.3) is 0 Å². The molecule has 3 N–H and O–H groups in total. The molecular formula is C13H21BrN2S. The minimum Gasteiger partial charge on any atom is -0.330 e. The molecule has 0 bridgehead atoms. The van der Waals surface area contributed by atoms with E-state index >= 15 is 0 Å². The number of rotatable bonds is 5. The van der Waals surface area contributed by atoms with Crippen molar-refractivity contribution in [3.8, 4) is 0 Å². The molecule has 2 nitrogen and oxygen atoms in total. The third-order valence-electron chi connectivity index (χ3n) is 3.70. The fourth-order valence-corrected chi connectivity index (χ4v) is 4.14. The quantitative estimate of drug-likeness (QED) is 0.874. The van der Waals surface area contributed by atoms with E-state index in [4.69, 9.17) is 5.73 Å². The molecule has 0 saturated heterocycles. The number of halogens is 1. The van der Waals surface area contributed by atoms with Crippen LogP contribution in [-0.4, -0.2) is 13.1 Å². The van der Waals surface area contributed by atoms with Gasteiger partial charge < -0.3 is 11.1 Å². The molecule has 1 heterocycles. The minimum absolute atomic E-state index is 0.742. The number of hydrogen-bond acceptors (Lipinski definition) is 3. The van der Waals surface area contributed by atoms with Crippen LogP contribution >= 0.6 is 27.3 Å². The van der Waals surface area contributed by atoms with E-state index in [9.17, 15) is 0 Å². The number of nitrogens with one attached hydrogen (secondary N) is 1. The molecule has 0 spiro atoms. The molecule has 4 heteroatoms. The van der Waals surface area contributed by atoms with Gasteiger partial charge in [-0.15, -0.1) is 11.3 Å². The molecule has 1 saturated carbocycles. The van der Waals surface area contributed by atoms with Crippen molar-refractivity contribution in [2.45, 2.75) is 32.2 Å². The molecule has 2 rings (SSSR count). The van der Waals surface area contributed by atoms with E-state index in [0.29, 0.717) is 0 Å². The normalized spacial score (nSPS) is 25.1. The summed E-state index contributed by atoms with van der Waals surface area (Å²) in [5.41, 5.74) is 5.85. The van der Waals surface area contributed by atoms with E-state index in [2.05, 4.69) is 33.4 Å². The Kier molecular flexibility index (Phi) is 5.48. The maximum atomic E-state index is 5.85. The maximum absolute atomic E-state index is 5.85. The molecule has 0 aromatic carbocycles. The standard InChI is InChI=1S/C13H21BrN2S/c14-13-6-5-12(17-13)9-16-8-11-4-2-1-3-10(11)7-15/h5-6,10-11,16H,1-4,7-9,15H2. The van der Waals surface area contributed by atoms with E-state index in [0.717, 1.165) is 31.5 Å². The molecule has 17 heavy (non-hydrogen) atoms. The monoisotopic (exact) mass is 316 g/mol. The van der Waals surface area contributed by atoms with Gasteiger partial charge in [-0.2, -0.15) is 0 Å². The van der Waals surface area contributed by atoms with E-state index in [1.165, 1.54) is 34.3 Å². The third kappa shape index (κ3) is 4.05. The van der Waals surface area contributed by atoms with Gasteiger partial charge in [0.05, 0.1) is 3.79 Å². The zero-order valence-electron chi connectivity index (χ0n) is 10.1. The molecule has 96 valence electrons. The number of thiophene rings is 1. The second-order valence-electron chi connectivity index (χ2n) is 4.88. The van der Waals surface area contributed by atoms with Gasteiger partial charge in [0, 0.05) is 11.4 Å². The summed E-state index contributed by atoms with van der Waals surface area (Å²) in [6, 6.07) is 4.30. The van der Waals surface area contributed by atoms with Crippen molar-refractivity contribution >= 4 is 27.3 Å². The molecule has 1 aliphatic carbocycles. The van der Waals surface area contributed by atoms with Crippen molar-refractivity contribution in [2.75, 3.05) is 13.1 Å². The van der Waals surface area contributed by atoms with Crippen molar-refractivity contribution in [2.24, 2.45) is 17.6 Å².